The van der Waals surface area contributed by atoms with E-state index in [2.05, 4.69) is 25.9 Å². The highest BCUT2D eigenvalue weighted by Gasteiger charge is 2.28. The number of aromatic amines is 1. The molecule has 2 N–H and O–H groups in total. The van der Waals surface area contributed by atoms with Crippen molar-refractivity contribution in [2.24, 2.45) is 0 Å². The largest absolute Gasteiger partial charge is 0.360 e. The minimum atomic E-state index is -0.309. The number of hydrogen-bond acceptors (Lipinski definition) is 5. The van der Waals surface area contributed by atoms with Gasteiger partial charge in [0.05, 0.1) is 0 Å². The van der Waals surface area contributed by atoms with Crippen molar-refractivity contribution < 1.29 is 4.39 Å². The van der Waals surface area contributed by atoms with E-state index in [1.807, 2.05) is 38.1 Å². The van der Waals surface area contributed by atoms with Gasteiger partial charge in [0.2, 0.25) is 5.82 Å². The van der Waals surface area contributed by atoms with Gasteiger partial charge < -0.3 is 5.32 Å². The third kappa shape index (κ3) is 2.35. The Kier molecular flexibility index (Phi) is 3.22. The van der Waals surface area contributed by atoms with Gasteiger partial charge in [-0.25, -0.2) is 4.39 Å². The van der Waals surface area contributed by atoms with Gasteiger partial charge in [-0.2, -0.15) is 10.5 Å². The molecule has 1 aromatic heterocycles. The van der Waals surface area contributed by atoms with Crippen LogP contribution in [0.1, 0.15) is 30.8 Å². The minimum Gasteiger partial charge on any atom is -0.360 e. The molecule has 6 nitrogen and oxygen atoms in total. The molecule has 1 heterocycles. The number of nitrogens with zero attached hydrogens (tertiary/aromatic N) is 4. The molecule has 0 radical (unpaired) electrons. The average Bonchev–Trinajstić information content (AvgIpc) is 3.08. The maximum atomic E-state index is 14.3. The van der Waals surface area contributed by atoms with Gasteiger partial charge in [0.15, 0.2) is 0 Å². The van der Waals surface area contributed by atoms with Crippen molar-refractivity contribution in [1.82, 2.24) is 20.6 Å². The van der Waals surface area contributed by atoms with Crippen LogP contribution < -0.4 is 5.32 Å². The predicted octanol–water partition coefficient (Wildman–Crippen LogP) is 2.62. The molecule has 0 amide bonds. The molecule has 0 bridgehead atoms. The van der Waals surface area contributed by atoms with E-state index < -0.39 is 0 Å². The molecule has 0 aliphatic heterocycles. The number of nitriles is 1. The van der Waals surface area contributed by atoms with E-state index in [0.29, 0.717) is 11.3 Å². The second-order valence-corrected chi connectivity index (χ2v) is 5.53. The van der Waals surface area contributed by atoms with E-state index in [4.69, 9.17) is 5.26 Å². The molecule has 0 saturated heterocycles. The smallest absolute Gasteiger partial charge is 0.216 e. The predicted molar refractivity (Wildman–Crippen MR) is 79.9 cm³/mol. The Morgan fingerprint density at radius 2 is 2.27 bits per heavy atom. The topological polar surface area (TPSA) is 90.3 Å². The molecule has 22 heavy (non-hydrogen) atoms. The van der Waals surface area contributed by atoms with Crippen LogP contribution in [0.5, 0.6) is 0 Å². The molecule has 1 aromatic carbocycles. The van der Waals surface area contributed by atoms with Crippen molar-refractivity contribution in [3.63, 3.8) is 0 Å². The summed E-state index contributed by atoms with van der Waals surface area (Å²) in [6.45, 7) is 3.94. The van der Waals surface area contributed by atoms with Gasteiger partial charge in [-0.3, -0.25) is 0 Å². The van der Waals surface area contributed by atoms with Crippen LogP contribution in [0.15, 0.2) is 24.4 Å². The number of rotatable bonds is 3. The Balaban J connectivity index is 1.91. The molecule has 110 valence electrons. The molecular formula is C15H13FN6. The van der Waals surface area contributed by atoms with E-state index in [-0.39, 0.29) is 22.6 Å². The average molecular weight is 296 g/mol. The number of fused-ring (bicyclic) bond motifs is 1. The third-order valence-electron chi connectivity index (χ3n) is 3.53. The maximum Gasteiger partial charge on any atom is 0.216 e. The monoisotopic (exact) mass is 296 g/mol. The number of nitrogens with one attached hydrogen (secondary N) is 2. The van der Waals surface area contributed by atoms with Crippen LogP contribution in [0, 0.1) is 17.1 Å². The van der Waals surface area contributed by atoms with Crippen molar-refractivity contribution in [3.8, 4) is 6.07 Å². The Morgan fingerprint density at radius 3 is 2.95 bits per heavy atom. The Hall–Kier alpha value is -3.01. The summed E-state index contributed by atoms with van der Waals surface area (Å²) in [6, 6.07) is 5.21. The maximum absolute atomic E-state index is 14.3. The summed E-state index contributed by atoms with van der Waals surface area (Å²) in [4.78, 5) is 0. The number of allylic oxidation sites excluding steroid dienone is 2. The highest BCUT2D eigenvalue weighted by atomic mass is 19.1. The van der Waals surface area contributed by atoms with Gasteiger partial charge >= 0.3 is 0 Å². The fourth-order valence-corrected chi connectivity index (χ4v) is 2.48. The van der Waals surface area contributed by atoms with Crippen molar-refractivity contribution in [3.05, 3.63) is 47.2 Å². The van der Waals surface area contributed by atoms with Gasteiger partial charge in [-0.15, -0.1) is 10.2 Å². The summed E-state index contributed by atoms with van der Waals surface area (Å²) in [5, 5.41) is 25.1. The van der Waals surface area contributed by atoms with Gasteiger partial charge in [-0.1, -0.05) is 26.0 Å². The first-order valence-electron chi connectivity index (χ1n) is 6.65. The zero-order valence-electron chi connectivity index (χ0n) is 12.1. The van der Waals surface area contributed by atoms with Crippen LogP contribution in [0.25, 0.3) is 11.6 Å². The second-order valence-electron chi connectivity index (χ2n) is 5.53. The molecule has 0 saturated carbocycles. The van der Waals surface area contributed by atoms with E-state index in [1.54, 1.807) is 0 Å². The summed E-state index contributed by atoms with van der Waals surface area (Å²) in [7, 11) is 0. The minimum absolute atomic E-state index is 0.178. The molecule has 7 heteroatoms. The zero-order chi connectivity index (χ0) is 15.7. The molecule has 1 aliphatic carbocycles. The lowest BCUT2D eigenvalue weighted by molar-refractivity contribution is 0.565. The van der Waals surface area contributed by atoms with Gasteiger partial charge in [-0.05, 0) is 22.9 Å². The van der Waals surface area contributed by atoms with Crippen LogP contribution in [0.3, 0.4) is 0 Å². The van der Waals surface area contributed by atoms with Crippen molar-refractivity contribution in [2.75, 3.05) is 5.32 Å². The first kappa shape index (κ1) is 13.9. The van der Waals surface area contributed by atoms with Crippen LogP contribution in [-0.2, 0) is 5.41 Å². The highest BCUT2D eigenvalue weighted by Crippen LogP contribution is 2.38. The van der Waals surface area contributed by atoms with Gasteiger partial charge in [0, 0.05) is 22.9 Å². The molecule has 0 spiro atoms. The number of halogens is 1. The molecular weight excluding hydrogens is 283 g/mol. The lowest BCUT2D eigenvalue weighted by Crippen LogP contribution is -2.13. The second kappa shape index (κ2) is 5.07. The summed E-state index contributed by atoms with van der Waals surface area (Å²) < 4.78 is 14.3. The van der Waals surface area contributed by atoms with Crippen molar-refractivity contribution in [2.45, 2.75) is 19.3 Å². The number of aromatic nitrogens is 4. The Morgan fingerprint density at radius 1 is 1.45 bits per heavy atom. The number of hydrogen-bond donors (Lipinski definition) is 2. The van der Waals surface area contributed by atoms with Crippen molar-refractivity contribution in [1.29, 1.82) is 5.26 Å². The quantitative estimate of drug-likeness (QED) is 0.850. The van der Waals surface area contributed by atoms with Crippen molar-refractivity contribution >= 4 is 17.3 Å². The van der Waals surface area contributed by atoms with E-state index in [1.165, 1.54) is 12.3 Å². The Bertz CT molecular complexity index is 811. The molecule has 3 rings (SSSR count). The fraction of sp³-hybridized carbons (Fsp3) is 0.200. The van der Waals surface area contributed by atoms with Crippen LogP contribution in [0.2, 0.25) is 0 Å². The molecule has 2 aromatic rings. The Labute approximate surface area is 126 Å². The first-order chi connectivity index (χ1) is 10.5. The summed E-state index contributed by atoms with van der Waals surface area (Å²) in [5.74, 6) is -0.0980. The van der Waals surface area contributed by atoms with Crippen LogP contribution >= 0.6 is 0 Å². The number of tetrazole rings is 1. The van der Waals surface area contributed by atoms with Gasteiger partial charge in [0.25, 0.3) is 0 Å². The lowest BCUT2D eigenvalue weighted by atomic mass is 9.86. The summed E-state index contributed by atoms with van der Waals surface area (Å²) >= 11 is 0. The normalized spacial score (nSPS) is 15.5. The number of H-pyrrole nitrogens is 1. The first-order valence-corrected chi connectivity index (χ1v) is 6.65. The zero-order valence-corrected chi connectivity index (χ0v) is 12.1. The molecule has 0 atom stereocenters. The standard InChI is InChI=1S/C15H13FN6/c1-15(2)4-3-9-5-11(6-12(16)13(9)15)18-8-10(7-17)14-19-21-22-20-14/h3-6,8,18H,1-2H3,(H,19,20,21,22). The highest BCUT2D eigenvalue weighted by molar-refractivity contribution is 5.75. The van der Waals surface area contributed by atoms with Crippen LogP contribution in [-0.4, -0.2) is 20.6 Å². The van der Waals surface area contributed by atoms with Gasteiger partial charge in [0.1, 0.15) is 17.5 Å². The molecule has 0 unspecified atom stereocenters. The molecule has 0 fully saturated rings. The lowest BCUT2D eigenvalue weighted by Gasteiger charge is -2.19. The molecule has 1 aliphatic rings. The summed E-state index contributed by atoms with van der Waals surface area (Å²) in [6.07, 6.45) is 5.30. The van der Waals surface area contributed by atoms with Crippen LogP contribution in [0.4, 0.5) is 10.1 Å². The van der Waals surface area contributed by atoms with E-state index in [0.717, 1.165) is 5.56 Å². The van der Waals surface area contributed by atoms with E-state index >= 15 is 0 Å². The number of benzene rings is 1. The fourth-order valence-electron chi connectivity index (χ4n) is 2.48. The number of anilines is 1. The van der Waals surface area contributed by atoms with E-state index in [9.17, 15) is 4.39 Å². The SMILES string of the molecule is CC1(C)C=Cc2cc(NC=C(C#N)c3nn[nH]n3)cc(F)c21. The third-order valence-corrected chi connectivity index (χ3v) is 3.53. The summed E-state index contributed by atoms with van der Waals surface area (Å²) in [5.41, 5.74) is 1.95.